The van der Waals surface area contributed by atoms with E-state index in [0.29, 0.717) is 5.89 Å². The summed E-state index contributed by atoms with van der Waals surface area (Å²) in [5.41, 5.74) is 0.759. The van der Waals surface area contributed by atoms with Crippen LogP contribution in [0.25, 0.3) is 11.6 Å². The maximum Gasteiger partial charge on any atom is 0.275 e. The van der Waals surface area contributed by atoms with E-state index in [1.807, 2.05) is 6.07 Å². The van der Waals surface area contributed by atoms with Gasteiger partial charge in [0.2, 0.25) is 0 Å². The molecule has 0 amide bonds. The van der Waals surface area contributed by atoms with Crippen LogP contribution < -0.4 is 5.32 Å². The molecule has 1 fully saturated rings. The van der Waals surface area contributed by atoms with E-state index in [9.17, 15) is 0 Å². The summed E-state index contributed by atoms with van der Waals surface area (Å²) in [7, 11) is 0. The van der Waals surface area contributed by atoms with Gasteiger partial charge in [-0.2, -0.15) is 10.1 Å². The van der Waals surface area contributed by atoms with Crippen molar-refractivity contribution in [3.05, 3.63) is 18.1 Å². The van der Waals surface area contributed by atoms with Crippen molar-refractivity contribution in [1.29, 1.82) is 0 Å². The van der Waals surface area contributed by atoms with E-state index in [2.05, 4.69) is 25.7 Å². The molecule has 0 bridgehead atoms. The molecule has 2 aromatic heterocycles. The van der Waals surface area contributed by atoms with Crippen molar-refractivity contribution in [2.45, 2.75) is 25.3 Å². The first-order chi connectivity index (χ1) is 7.93. The van der Waals surface area contributed by atoms with Crippen molar-refractivity contribution >= 4 is 0 Å². The largest absolute Gasteiger partial charge is 0.332 e. The zero-order valence-corrected chi connectivity index (χ0v) is 8.81. The van der Waals surface area contributed by atoms with Gasteiger partial charge in [0.1, 0.15) is 5.69 Å². The number of piperidine rings is 1. The van der Waals surface area contributed by atoms with Crippen molar-refractivity contribution in [3.63, 3.8) is 0 Å². The third-order valence-electron chi connectivity index (χ3n) is 2.79. The van der Waals surface area contributed by atoms with Crippen LogP contribution in [0.3, 0.4) is 0 Å². The zero-order valence-electron chi connectivity index (χ0n) is 8.81. The van der Waals surface area contributed by atoms with Gasteiger partial charge in [-0.05, 0) is 25.5 Å². The predicted molar refractivity (Wildman–Crippen MR) is 56.5 cm³/mol. The summed E-state index contributed by atoms with van der Waals surface area (Å²) in [5.74, 6) is 1.24. The Hall–Kier alpha value is -1.69. The van der Waals surface area contributed by atoms with E-state index in [0.717, 1.165) is 24.5 Å². The highest BCUT2D eigenvalue weighted by atomic mass is 16.5. The van der Waals surface area contributed by atoms with Crippen LogP contribution >= 0.6 is 0 Å². The van der Waals surface area contributed by atoms with Gasteiger partial charge in [0.15, 0.2) is 5.82 Å². The lowest BCUT2D eigenvalue weighted by atomic mass is 10.0. The number of H-pyrrole nitrogens is 1. The molecule has 0 radical (unpaired) electrons. The minimum atomic E-state index is 0.231. The standard InChI is InChI=1S/C10H13N5O/c1-2-5-11-7(3-1)9-13-10(16-15-9)8-4-6-12-14-8/h4,6-7,11H,1-3,5H2,(H,12,14)/t7-/m1/s1. The number of nitrogens with one attached hydrogen (secondary N) is 2. The van der Waals surface area contributed by atoms with Crippen LogP contribution in [0.15, 0.2) is 16.8 Å². The molecule has 16 heavy (non-hydrogen) atoms. The Balaban J connectivity index is 1.82. The summed E-state index contributed by atoms with van der Waals surface area (Å²) in [5, 5.41) is 14.0. The minimum Gasteiger partial charge on any atom is -0.332 e. The summed E-state index contributed by atoms with van der Waals surface area (Å²) in [6, 6.07) is 2.04. The van der Waals surface area contributed by atoms with Gasteiger partial charge in [-0.1, -0.05) is 11.6 Å². The van der Waals surface area contributed by atoms with Gasteiger partial charge in [-0.3, -0.25) is 5.10 Å². The number of hydrogen-bond acceptors (Lipinski definition) is 5. The molecule has 0 saturated carbocycles. The zero-order chi connectivity index (χ0) is 10.8. The molecule has 2 N–H and O–H groups in total. The van der Waals surface area contributed by atoms with Crippen LogP contribution in [-0.2, 0) is 0 Å². The number of nitrogens with zero attached hydrogens (tertiary/aromatic N) is 3. The van der Waals surface area contributed by atoms with Crippen molar-refractivity contribution in [2.75, 3.05) is 6.54 Å². The monoisotopic (exact) mass is 219 g/mol. The molecule has 6 heteroatoms. The lowest BCUT2D eigenvalue weighted by Crippen LogP contribution is -2.27. The summed E-state index contributed by atoms with van der Waals surface area (Å²) < 4.78 is 5.19. The van der Waals surface area contributed by atoms with Gasteiger partial charge in [0.05, 0.1) is 6.04 Å². The summed E-state index contributed by atoms with van der Waals surface area (Å²) in [6.45, 7) is 1.03. The third kappa shape index (κ3) is 1.71. The second-order valence-electron chi connectivity index (χ2n) is 3.93. The highest BCUT2D eigenvalue weighted by Crippen LogP contribution is 2.22. The molecule has 0 aliphatic carbocycles. The number of aromatic nitrogens is 4. The van der Waals surface area contributed by atoms with Gasteiger partial charge in [-0.15, -0.1) is 0 Å². The fourth-order valence-electron chi connectivity index (χ4n) is 1.93. The van der Waals surface area contributed by atoms with Gasteiger partial charge in [0, 0.05) is 6.20 Å². The highest BCUT2D eigenvalue weighted by molar-refractivity contribution is 5.44. The van der Waals surface area contributed by atoms with Crippen molar-refractivity contribution < 1.29 is 4.52 Å². The summed E-state index contributed by atoms with van der Waals surface area (Å²) >= 11 is 0. The van der Waals surface area contributed by atoms with Crippen LogP contribution in [0.2, 0.25) is 0 Å². The Morgan fingerprint density at radius 1 is 1.38 bits per heavy atom. The Kier molecular flexibility index (Phi) is 2.41. The number of rotatable bonds is 2. The van der Waals surface area contributed by atoms with Crippen molar-refractivity contribution in [3.8, 4) is 11.6 Å². The van der Waals surface area contributed by atoms with Gasteiger partial charge < -0.3 is 9.84 Å². The van der Waals surface area contributed by atoms with Crippen molar-refractivity contribution in [1.82, 2.24) is 25.7 Å². The minimum absolute atomic E-state index is 0.231. The molecule has 3 rings (SSSR count). The fourth-order valence-corrected chi connectivity index (χ4v) is 1.93. The topological polar surface area (TPSA) is 79.6 Å². The second-order valence-corrected chi connectivity index (χ2v) is 3.93. The molecule has 2 aromatic rings. The Morgan fingerprint density at radius 3 is 3.12 bits per heavy atom. The molecular formula is C10H13N5O. The van der Waals surface area contributed by atoms with E-state index in [-0.39, 0.29) is 6.04 Å². The van der Waals surface area contributed by atoms with E-state index in [1.165, 1.54) is 12.8 Å². The quantitative estimate of drug-likeness (QED) is 0.795. The maximum atomic E-state index is 5.19. The van der Waals surface area contributed by atoms with Crippen LogP contribution in [0, 0.1) is 0 Å². The molecule has 0 spiro atoms. The molecule has 6 nitrogen and oxygen atoms in total. The summed E-state index contributed by atoms with van der Waals surface area (Å²) in [4.78, 5) is 4.36. The first-order valence-corrected chi connectivity index (χ1v) is 5.50. The Labute approximate surface area is 92.4 Å². The average molecular weight is 219 g/mol. The SMILES string of the molecule is c1cc(-c2nc([C@H]3CCCCN3)no2)[nH]n1. The van der Waals surface area contributed by atoms with Crippen LogP contribution in [0.5, 0.6) is 0 Å². The van der Waals surface area contributed by atoms with E-state index >= 15 is 0 Å². The average Bonchev–Trinajstić information content (AvgIpc) is 3.01. The molecule has 1 saturated heterocycles. The van der Waals surface area contributed by atoms with Crippen LogP contribution in [0.4, 0.5) is 0 Å². The molecular weight excluding hydrogens is 206 g/mol. The number of hydrogen-bond donors (Lipinski definition) is 2. The molecule has 0 aromatic carbocycles. The van der Waals surface area contributed by atoms with Crippen LogP contribution in [0.1, 0.15) is 31.1 Å². The first kappa shape index (κ1) is 9.53. The molecule has 1 aliphatic rings. The van der Waals surface area contributed by atoms with Crippen molar-refractivity contribution in [2.24, 2.45) is 0 Å². The predicted octanol–water partition coefficient (Wildman–Crippen LogP) is 1.27. The Morgan fingerprint density at radius 2 is 2.38 bits per heavy atom. The number of aromatic amines is 1. The van der Waals surface area contributed by atoms with E-state index in [1.54, 1.807) is 6.20 Å². The maximum absolute atomic E-state index is 5.19. The normalized spacial score (nSPS) is 21.1. The molecule has 84 valence electrons. The highest BCUT2D eigenvalue weighted by Gasteiger charge is 2.20. The lowest BCUT2D eigenvalue weighted by Gasteiger charge is -2.19. The summed E-state index contributed by atoms with van der Waals surface area (Å²) in [6.07, 6.45) is 5.17. The van der Waals surface area contributed by atoms with Gasteiger partial charge in [-0.25, -0.2) is 0 Å². The first-order valence-electron chi connectivity index (χ1n) is 5.50. The molecule has 1 atom stereocenters. The smallest absolute Gasteiger partial charge is 0.275 e. The molecule has 1 aliphatic heterocycles. The second kappa shape index (κ2) is 4.05. The van der Waals surface area contributed by atoms with E-state index in [4.69, 9.17) is 4.52 Å². The van der Waals surface area contributed by atoms with Crippen LogP contribution in [-0.4, -0.2) is 26.9 Å². The Bertz CT molecular complexity index is 443. The van der Waals surface area contributed by atoms with Gasteiger partial charge in [0.25, 0.3) is 5.89 Å². The molecule has 3 heterocycles. The lowest BCUT2D eigenvalue weighted by molar-refractivity contribution is 0.366. The van der Waals surface area contributed by atoms with Gasteiger partial charge >= 0.3 is 0 Å². The fraction of sp³-hybridized carbons (Fsp3) is 0.500. The molecule has 0 unspecified atom stereocenters. The third-order valence-corrected chi connectivity index (χ3v) is 2.79. The van der Waals surface area contributed by atoms with E-state index < -0.39 is 0 Å².